The molecule has 0 spiro atoms. The Hall–Kier alpha value is -3.23. The van der Waals surface area contributed by atoms with E-state index in [1.54, 1.807) is 19.4 Å². The number of hydrogen-bond donors (Lipinski definition) is 2. The second-order valence-electron chi connectivity index (χ2n) is 8.69. The lowest BCUT2D eigenvalue weighted by Crippen LogP contribution is -2.13. The van der Waals surface area contributed by atoms with E-state index in [0.717, 1.165) is 36.1 Å². The summed E-state index contributed by atoms with van der Waals surface area (Å²) in [7, 11) is 1.66. The van der Waals surface area contributed by atoms with E-state index in [-0.39, 0.29) is 11.8 Å². The van der Waals surface area contributed by atoms with Crippen LogP contribution >= 0.6 is 11.3 Å². The van der Waals surface area contributed by atoms with Crippen LogP contribution in [0.25, 0.3) is 0 Å². The zero-order valence-electron chi connectivity index (χ0n) is 20.5. The predicted octanol–water partition coefficient (Wildman–Crippen LogP) is 5.58. The number of nitrogens with zero attached hydrogens (tertiary/aromatic N) is 1. The van der Waals surface area contributed by atoms with E-state index >= 15 is 0 Å². The Morgan fingerprint density at radius 1 is 1.00 bits per heavy atom. The van der Waals surface area contributed by atoms with E-state index in [2.05, 4.69) is 15.6 Å². The molecular formula is C27H33N3O4S. The standard InChI is InChI=1S/C27H33N3O4S/c1-19(2)15-25(31)29-23-9-7-20(8-10-23)5-6-21-16-22(26(32)30-27-28-11-14-35-27)18-24(17-21)34-13-4-12-33-3/h7-11,14,16-19H,4-6,12-13,15H2,1-3H3,(H,29,31)(H,28,30,32). The summed E-state index contributed by atoms with van der Waals surface area (Å²) in [6.07, 6.45) is 4.46. The maximum Gasteiger partial charge on any atom is 0.257 e. The van der Waals surface area contributed by atoms with Crippen LogP contribution in [-0.2, 0) is 22.4 Å². The molecule has 0 aliphatic carbocycles. The third-order valence-corrected chi connectivity index (χ3v) is 5.87. The van der Waals surface area contributed by atoms with Crippen LogP contribution in [0.4, 0.5) is 10.8 Å². The highest BCUT2D eigenvalue weighted by atomic mass is 32.1. The Morgan fingerprint density at radius 2 is 1.77 bits per heavy atom. The number of carbonyl (C=O) groups excluding carboxylic acids is 2. The normalized spacial score (nSPS) is 10.9. The van der Waals surface area contributed by atoms with E-state index < -0.39 is 0 Å². The van der Waals surface area contributed by atoms with E-state index in [0.29, 0.717) is 42.0 Å². The van der Waals surface area contributed by atoms with Gasteiger partial charge in [0.1, 0.15) is 5.75 Å². The van der Waals surface area contributed by atoms with Crippen LogP contribution in [0.2, 0.25) is 0 Å². The summed E-state index contributed by atoms with van der Waals surface area (Å²) in [5, 5.41) is 8.15. The van der Waals surface area contributed by atoms with Crippen molar-refractivity contribution in [1.82, 2.24) is 4.98 Å². The highest BCUT2D eigenvalue weighted by molar-refractivity contribution is 7.13. The molecule has 0 radical (unpaired) electrons. The number of rotatable bonds is 13. The van der Waals surface area contributed by atoms with Gasteiger partial charge in [-0.25, -0.2) is 4.98 Å². The van der Waals surface area contributed by atoms with Gasteiger partial charge in [-0.15, -0.1) is 11.3 Å². The van der Waals surface area contributed by atoms with Crippen LogP contribution in [-0.4, -0.2) is 37.1 Å². The summed E-state index contributed by atoms with van der Waals surface area (Å²) >= 11 is 1.37. The quantitative estimate of drug-likeness (QED) is 0.302. The largest absolute Gasteiger partial charge is 0.493 e. The molecule has 7 nitrogen and oxygen atoms in total. The van der Waals surface area contributed by atoms with Crippen molar-refractivity contribution < 1.29 is 19.1 Å². The maximum absolute atomic E-state index is 12.8. The molecular weight excluding hydrogens is 462 g/mol. The number of thiazole rings is 1. The lowest BCUT2D eigenvalue weighted by atomic mass is 10.0. The first-order chi connectivity index (χ1) is 16.9. The van der Waals surface area contributed by atoms with Gasteiger partial charge in [-0.2, -0.15) is 0 Å². The Morgan fingerprint density at radius 3 is 2.46 bits per heavy atom. The maximum atomic E-state index is 12.8. The summed E-state index contributed by atoms with van der Waals surface area (Å²) in [5.74, 6) is 0.789. The van der Waals surface area contributed by atoms with Crippen LogP contribution in [0.3, 0.4) is 0 Å². The van der Waals surface area contributed by atoms with Gasteiger partial charge in [0, 0.05) is 49.4 Å². The molecule has 1 aromatic heterocycles. The number of anilines is 2. The van der Waals surface area contributed by atoms with Crippen molar-refractivity contribution in [1.29, 1.82) is 0 Å². The molecule has 0 saturated heterocycles. The predicted molar refractivity (Wildman–Crippen MR) is 140 cm³/mol. The smallest absolute Gasteiger partial charge is 0.257 e. The van der Waals surface area contributed by atoms with Crippen molar-refractivity contribution in [3.05, 3.63) is 70.7 Å². The van der Waals surface area contributed by atoms with Crippen LogP contribution in [0.15, 0.2) is 54.0 Å². The molecule has 3 rings (SSSR count). The minimum atomic E-state index is -0.218. The fraction of sp³-hybridized carbons (Fsp3) is 0.370. The Kier molecular flexibility index (Phi) is 10.3. The van der Waals surface area contributed by atoms with Gasteiger partial charge in [-0.3, -0.25) is 14.9 Å². The molecule has 0 bridgehead atoms. The summed E-state index contributed by atoms with van der Waals surface area (Å²) < 4.78 is 11.0. The molecule has 2 aromatic carbocycles. The molecule has 186 valence electrons. The number of nitrogens with one attached hydrogen (secondary N) is 2. The molecule has 2 amide bonds. The van der Waals surface area contributed by atoms with Crippen LogP contribution in [0.1, 0.15) is 48.2 Å². The van der Waals surface area contributed by atoms with Crippen LogP contribution in [0, 0.1) is 5.92 Å². The molecule has 0 unspecified atom stereocenters. The second-order valence-corrected chi connectivity index (χ2v) is 9.59. The Labute approximate surface area is 210 Å². The van der Waals surface area contributed by atoms with Crippen molar-refractivity contribution in [2.75, 3.05) is 31.0 Å². The van der Waals surface area contributed by atoms with Crippen molar-refractivity contribution in [2.45, 2.75) is 39.5 Å². The molecule has 0 saturated carbocycles. The van der Waals surface area contributed by atoms with Gasteiger partial charge in [-0.1, -0.05) is 26.0 Å². The van der Waals surface area contributed by atoms with E-state index in [1.807, 2.05) is 55.6 Å². The first-order valence-electron chi connectivity index (χ1n) is 11.8. The molecule has 8 heteroatoms. The molecule has 0 fully saturated rings. The van der Waals surface area contributed by atoms with Crippen LogP contribution < -0.4 is 15.4 Å². The van der Waals surface area contributed by atoms with E-state index in [4.69, 9.17) is 9.47 Å². The van der Waals surface area contributed by atoms with Crippen molar-refractivity contribution in [2.24, 2.45) is 5.92 Å². The van der Waals surface area contributed by atoms with Crippen LogP contribution in [0.5, 0.6) is 5.75 Å². The number of aryl methyl sites for hydroxylation is 2. The van der Waals surface area contributed by atoms with Crippen molar-refractivity contribution >= 4 is 34.0 Å². The minimum Gasteiger partial charge on any atom is -0.493 e. The van der Waals surface area contributed by atoms with Gasteiger partial charge in [0.15, 0.2) is 5.13 Å². The average molecular weight is 496 g/mol. The summed E-state index contributed by atoms with van der Waals surface area (Å²) in [5.41, 5.74) is 3.48. The number of hydrogen-bond acceptors (Lipinski definition) is 6. The first-order valence-corrected chi connectivity index (χ1v) is 12.7. The SMILES string of the molecule is COCCCOc1cc(CCc2ccc(NC(=O)CC(C)C)cc2)cc(C(=O)Nc2nccs2)c1. The monoisotopic (exact) mass is 495 g/mol. The van der Waals surface area contributed by atoms with E-state index in [9.17, 15) is 9.59 Å². The number of carbonyl (C=O) groups is 2. The van der Waals surface area contributed by atoms with E-state index in [1.165, 1.54) is 11.3 Å². The number of ether oxygens (including phenoxy) is 2. The van der Waals surface area contributed by atoms with Gasteiger partial charge >= 0.3 is 0 Å². The average Bonchev–Trinajstić information content (AvgIpc) is 3.34. The summed E-state index contributed by atoms with van der Waals surface area (Å²) in [6.45, 7) is 5.17. The highest BCUT2D eigenvalue weighted by Gasteiger charge is 2.12. The Balaban J connectivity index is 1.66. The lowest BCUT2D eigenvalue weighted by molar-refractivity contribution is -0.116. The topological polar surface area (TPSA) is 89.5 Å². The van der Waals surface area contributed by atoms with Crippen molar-refractivity contribution in [3.8, 4) is 5.75 Å². The zero-order chi connectivity index (χ0) is 25.0. The number of aromatic nitrogens is 1. The van der Waals surface area contributed by atoms with Crippen molar-refractivity contribution in [3.63, 3.8) is 0 Å². The third kappa shape index (κ3) is 9.15. The second kappa shape index (κ2) is 13.6. The van der Waals surface area contributed by atoms with Gasteiger partial charge in [-0.05, 0) is 60.2 Å². The zero-order valence-corrected chi connectivity index (χ0v) is 21.3. The first kappa shape index (κ1) is 26.4. The Bertz CT molecular complexity index is 1080. The molecule has 2 N–H and O–H groups in total. The molecule has 3 aromatic rings. The number of benzene rings is 2. The summed E-state index contributed by atoms with van der Waals surface area (Å²) in [4.78, 5) is 28.9. The van der Waals surface area contributed by atoms with Gasteiger partial charge in [0.25, 0.3) is 5.91 Å². The highest BCUT2D eigenvalue weighted by Crippen LogP contribution is 2.22. The molecule has 0 atom stereocenters. The molecule has 1 heterocycles. The number of methoxy groups -OCH3 is 1. The minimum absolute atomic E-state index is 0.0265. The lowest BCUT2D eigenvalue weighted by Gasteiger charge is -2.12. The van der Waals surface area contributed by atoms with Gasteiger partial charge < -0.3 is 14.8 Å². The summed E-state index contributed by atoms with van der Waals surface area (Å²) in [6, 6.07) is 13.5. The molecule has 0 aliphatic rings. The van der Waals surface area contributed by atoms with Gasteiger partial charge in [0.05, 0.1) is 6.61 Å². The number of amides is 2. The van der Waals surface area contributed by atoms with Gasteiger partial charge in [0.2, 0.25) is 5.91 Å². The fourth-order valence-electron chi connectivity index (χ4n) is 3.49. The molecule has 0 aliphatic heterocycles. The third-order valence-electron chi connectivity index (χ3n) is 5.18. The molecule has 35 heavy (non-hydrogen) atoms. The fourth-order valence-corrected chi connectivity index (χ4v) is 4.02.